The van der Waals surface area contributed by atoms with E-state index in [0.717, 1.165) is 13.0 Å². The lowest BCUT2D eigenvalue weighted by atomic mass is 9.88. The molecule has 0 aliphatic rings. The van der Waals surface area contributed by atoms with Gasteiger partial charge in [0.25, 0.3) is 0 Å². The summed E-state index contributed by atoms with van der Waals surface area (Å²) in [5.74, 6) is 0. The van der Waals surface area contributed by atoms with Gasteiger partial charge in [-0.25, -0.2) is 0 Å². The fraction of sp³-hybridized carbons (Fsp3) is 0.556. The van der Waals surface area contributed by atoms with E-state index >= 15 is 0 Å². The van der Waals surface area contributed by atoms with Crippen molar-refractivity contribution in [2.45, 2.75) is 25.7 Å². The first-order chi connectivity index (χ1) is 5.58. The molecule has 1 nitrogen and oxygen atoms in total. The van der Waals surface area contributed by atoms with Crippen LogP contribution in [0.25, 0.3) is 0 Å². The Morgan fingerprint density at radius 2 is 2.25 bits per heavy atom. The van der Waals surface area contributed by atoms with Crippen LogP contribution in [0.5, 0.6) is 0 Å². The normalized spacial score (nSPS) is 12.0. The molecule has 0 aliphatic carbocycles. The lowest BCUT2D eigenvalue weighted by Crippen LogP contribution is -2.20. The second kappa shape index (κ2) is 3.90. The number of hydrogen-bond donors (Lipinski definition) is 1. The van der Waals surface area contributed by atoms with Crippen LogP contribution in [0.4, 0.5) is 0 Å². The Hall–Kier alpha value is 0.140. The van der Waals surface area contributed by atoms with Crippen LogP contribution in [-0.2, 0) is 5.41 Å². The van der Waals surface area contributed by atoms with Crippen molar-refractivity contribution >= 4 is 27.3 Å². The van der Waals surface area contributed by atoms with Gasteiger partial charge in [-0.15, -0.1) is 11.3 Å². The van der Waals surface area contributed by atoms with Crippen molar-refractivity contribution in [2.75, 3.05) is 6.54 Å². The average molecular weight is 248 g/mol. The first-order valence-electron chi connectivity index (χ1n) is 4.01. The maximum atomic E-state index is 5.56. The standard InChI is InChI=1S/C9H14BrNS/c1-9(2,4-5-11)8-7(10)3-6-12-8/h3,6H,4-5,11H2,1-2H3. The zero-order valence-corrected chi connectivity index (χ0v) is 9.83. The van der Waals surface area contributed by atoms with Crippen molar-refractivity contribution in [1.82, 2.24) is 0 Å². The van der Waals surface area contributed by atoms with E-state index < -0.39 is 0 Å². The van der Waals surface area contributed by atoms with Crippen LogP contribution >= 0.6 is 27.3 Å². The highest BCUT2D eigenvalue weighted by molar-refractivity contribution is 9.10. The average Bonchev–Trinajstić information content (AvgIpc) is 2.35. The van der Waals surface area contributed by atoms with Gasteiger partial charge in [-0.2, -0.15) is 0 Å². The zero-order valence-electron chi connectivity index (χ0n) is 7.43. The largest absolute Gasteiger partial charge is 0.330 e. The van der Waals surface area contributed by atoms with Gasteiger partial charge in [0.05, 0.1) is 0 Å². The molecule has 0 amide bonds. The molecular weight excluding hydrogens is 234 g/mol. The predicted molar refractivity (Wildman–Crippen MR) is 58.7 cm³/mol. The maximum Gasteiger partial charge on any atom is 0.0319 e. The van der Waals surface area contributed by atoms with Crippen molar-refractivity contribution in [1.29, 1.82) is 0 Å². The molecule has 0 fully saturated rings. The highest BCUT2D eigenvalue weighted by Gasteiger charge is 2.23. The summed E-state index contributed by atoms with van der Waals surface area (Å²) in [7, 11) is 0. The van der Waals surface area contributed by atoms with Gasteiger partial charge < -0.3 is 5.73 Å². The van der Waals surface area contributed by atoms with Crippen LogP contribution < -0.4 is 5.73 Å². The summed E-state index contributed by atoms with van der Waals surface area (Å²) in [4.78, 5) is 1.40. The smallest absolute Gasteiger partial charge is 0.0319 e. The Bertz CT molecular complexity index is 255. The molecule has 0 bridgehead atoms. The summed E-state index contributed by atoms with van der Waals surface area (Å²) < 4.78 is 1.21. The third kappa shape index (κ3) is 2.09. The third-order valence-corrected chi connectivity index (χ3v) is 4.20. The number of hydrogen-bond acceptors (Lipinski definition) is 2. The monoisotopic (exact) mass is 247 g/mol. The van der Waals surface area contributed by atoms with Crippen LogP contribution in [-0.4, -0.2) is 6.54 Å². The molecule has 0 saturated carbocycles. The van der Waals surface area contributed by atoms with Gasteiger partial charge in [-0.3, -0.25) is 0 Å². The van der Waals surface area contributed by atoms with Crippen LogP contribution in [0.15, 0.2) is 15.9 Å². The summed E-state index contributed by atoms with van der Waals surface area (Å²) in [5, 5.41) is 2.11. The first kappa shape index (κ1) is 10.2. The molecule has 0 unspecified atom stereocenters. The summed E-state index contributed by atoms with van der Waals surface area (Å²) in [5.41, 5.74) is 5.77. The fourth-order valence-electron chi connectivity index (χ4n) is 1.25. The number of halogens is 1. The minimum Gasteiger partial charge on any atom is -0.330 e. The van der Waals surface area contributed by atoms with Crippen molar-refractivity contribution in [2.24, 2.45) is 5.73 Å². The van der Waals surface area contributed by atoms with Crippen LogP contribution in [0.3, 0.4) is 0 Å². The molecule has 12 heavy (non-hydrogen) atoms. The van der Waals surface area contributed by atoms with E-state index in [9.17, 15) is 0 Å². The molecule has 0 saturated heterocycles. The second-order valence-corrected chi connectivity index (χ2v) is 5.29. The molecule has 1 aromatic rings. The maximum absolute atomic E-state index is 5.56. The topological polar surface area (TPSA) is 26.0 Å². The molecule has 0 aromatic carbocycles. The van der Waals surface area contributed by atoms with Crippen molar-refractivity contribution < 1.29 is 0 Å². The van der Waals surface area contributed by atoms with Gasteiger partial charge in [0, 0.05) is 14.8 Å². The van der Waals surface area contributed by atoms with Gasteiger partial charge >= 0.3 is 0 Å². The molecule has 1 aromatic heterocycles. The second-order valence-electron chi connectivity index (χ2n) is 3.52. The van der Waals surface area contributed by atoms with Crippen LogP contribution in [0, 0.1) is 0 Å². The summed E-state index contributed by atoms with van der Waals surface area (Å²) in [6, 6.07) is 2.10. The van der Waals surface area contributed by atoms with Gasteiger partial charge in [-0.05, 0) is 40.3 Å². The van der Waals surface area contributed by atoms with E-state index in [1.165, 1.54) is 9.35 Å². The van der Waals surface area contributed by atoms with E-state index in [-0.39, 0.29) is 5.41 Å². The van der Waals surface area contributed by atoms with E-state index in [1.54, 1.807) is 11.3 Å². The minimum absolute atomic E-state index is 0.210. The lowest BCUT2D eigenvalue weighted by molar-refractivity contribution is 0.495. The molecule has 1 rings (SSSR count). The molecule has 0 atom stereocenters. The van der Waals surface area contributed by atoms with E-state index in [1.807, 2.05) is 0 Å². The van der Waals surface area contributed by atoms with Gasteiger partial charge in [0.15, 0.2) is 0 Å². The lowest BCUT2D eigenvalue weighted by Gasteiger charge is -2.22. The number of nitrogens with two attached hydrogens (primary N) is 1. The summed E-state index contributed by atoms with van der Waals surface area (Å²) >= 11 is 5.34. The Kier molecular flexibility index (Phi) is 3.32. The Morgan fingerprint density at radius 1 is 1.58 bits per heavy atom. The summed E-state index contributed by atoms with van der Waals surface area (Å²) in [6.45, 7) is 5.21. The van der Waals surface area contributed by atoms with Gasteiger partial charge in [-0.1, -0.05) is 13.8 Å². The van der Waals surface area contributed by atoms with E-state index in [2.05, 4.69) is 41.2 Å². The van der Waals surface area contributed by atoms with Gasteiger partial charge in [0.2, 0.25) is 0 Å². The molecular formula is C9H14BrNS. The van der Waals surface area contributed by atoms with E-state index in [0.29, 0.717) is 0 Å². The Labute approximate surface area is 86.1 Å². The molecule has 1 heterocycles. The molecule has 68 valence electrons. The fourth-order valence-corrected chi connectivity index (χ4v) is 3.32. The van der Waals surface area contributed by atoms with Crippen molar-refractivity contribution in [3.8, 4) is 0 Å². The SMILES string of the molecule is CC(C)(CCN)c1sccc1Br. The first-order valence-corrected chi connectivity index (χ1v) is 5.69. The van der Waals surface area contributed by atoms with Crippen LogP contribution in [0.2, 0.25) is 0 Å². The summed E-state index contributed by atoms with van der Waals surface area (Å²) in [6.07, 6.45) is 1.03. The zero-order chi connectivity index (χ0) is 9.19. The quantitative estimate of drug-likeness (QED) is 0.873. The highest BCUT2D eigenvalue weighted by atomic mass is 79.9. The molecule has 2 N–H and O–H groups in total. The molecule has 0 aliphatic heterocycles. The molecule has 0 radical (unpaired) electrons. The van der Waals surface area contributed by atoms with Crippen molar-refractivity contribution in [3.05, 3.63) is 20.8 Å². The third-order valence-electron chi connectivity index (χ3n) is 2.00. The van der Waals surface area contributed by atoms with Crippen LogP contribution in [0.1, 0.15) is 25.1 Å². The molecule has 3 heteroatoms. The highest BCUT2D eigenvalue weighted by Crippen LogP contribution is 2.36. The Morgan fingerprint density at radius 3 is 2.67 bits per heavy atom. The molecule has 0 spiro atoms. The van der Waals surface area contributed by atoms with Gasteiger partial charge in [0.1, 0.15) is 0 Å². The van der Waals surface area contributed by atoms with E-state index in [4.69, 9.17) is 5.73 Å². The Balaban J connectivity index is 2.88. The predicted octanol–water partition coefficient (Wildman–Crippen LogP) is 3.14. The van der Waals surface area contributed by atoms with Crippen molar-refractivity contribution in [3.63, 3.8) is 0 Å². The minimum atomic E-state index is 0.210. The number of thiophene rings is 1. The number of rotatable bonds is 3.